The number of hydrogen-bond donors (Lipinski definition) is 1. The molecule has 4 rings (SSSR count). The quantitative estimate of drug-likeness (QED) is 0.708. The average molecular weight is 347 g/mol. The number of rotatable bonds is 4. The summed E-state index contributed by atoms with van der Waals surface area (Å²) in [4.78, 5) is 10.8. The van der Waals surface area contributed by atoms with Crippen molar-refractivity contribution in [2.75, 3.05) is 0 Å². The largest absolute Gasteiger partial charge is 0.393 e. The summed E-state index contributed by atoms with van der Waals surface area (Å²) in [6, 6.07) is 0. The molecule has 4 fully saturated rings. The van der Waals surface area contributed by atoms with Crippen molar-refractivity contribution in [2.24, 2.45) is 46.3 Å². The van der Waals surface area contributed by atoms with Gasteiger partial charge < -0.3 is 9.90 Å². The van der Waals surface area contributed by atoms with Gasteiger partial charge in [0, 0.05) is 6.42 Å². The smallest absolute Gasteiger partial charge is 0.120 e. The van der Waals surface area contributed by atoms with Crippen molar-refractivity contribution in [2.45, 2.75) is 91.1 Å². The molecule has 0 aromatic rings. The summed E-state index contributed by atoms with van der Waals surface area (Å²) in [5.41, 5.74) is 0.911. The minimum Gasteiger partial charge on any atom is -0.393 e. The molecule has 0 heterocycles. The Morgan fingerprint density at radius 2 is 1.84 bits per heavy atom. The van der Waals surface area contributed by atoms with Gasteiger partial charge in [0.05, 0.1) is 6.10 Å². The lowest BCUT2D eigenvalue weighted by atomic mass is 9.47. The second-order valence-electron chi connectivity index (χ2n) is 10.7. The number of hydrogen-bond acceptors (Lipinski definition) is 2. The highest BCUT2D eigenvalue weighted by Crippen LogP contribution is 2.68. The van der Waals surface area contributed by atoms with Crippen LogP contribution in [0.25, 0.3) is 0 Å². The number of aliphatic hydroxyl groups excluding tert-OH is 1. The van der Waals surface area contributed by atoms with Gasteiger partial charge >= 0.3 is 0 Å². The highest BCUT2D eigenvalue weighted by molar-refractivity contribution is 5.49. The zero-order chi connectivity index (χ0) is 17.8. The van der Waals surface area contributed by atoms with Crippen LogP contribution in [0.15, 0.2) is 0 Å². The van der Waals surface area contributed by atoms with Crippen LogP contribution in [0.5, 0.6) is 0 Å². The van der Waals surface area contributed by atoms with E-state index in [2.05, 4.69) is 20.8 Å². The third kappa shape index (κ3) is 2.65. The molecule has 0 amide bonds. The first-order valence-corrected chi connectivity index (χ1v) is 11.0. The Kier molecular flexibility index (Phi) is 4.58. The van der Waals surface area contributed by atoms with E-state index in [1.54, 1.807) is 0 Å². The first-order chi connectivity index (χ1) is 11.9. The highest BCUT2D eigenvalue weighted by atomic mass is 16.3. The van der Waals surface area contributed by atoms with E-state index < -0.39 is 0 Å². The Morgan fingerprint density at radius 3 is 2.60 bits per heavy atom. The number of fused-ring (bicyclic) bond motifs is 5. The molecule has 0 aliphatic heterocycles. The Labute approximate surface area is 154 Å². The van der Waals surface area contributed by atoms with Gasteiger partial charge in [0.2, 0.25) is 0 Å². The summed E-state index contributed by atoms with van der Waals surface area (Å²) >= 11 is 0. The normalized spacial score (nSPS) is 53.0. The molecule has 1 N–H and O–H groups in total. The van der Waals surface area contributed by atoms with Crippen LogP contribution in [0.3, 0.4) is 0 Å². The predicted molar refractivity (Wildman–Crippen MR) is 101 cm³/mol. The molecule has 25 heavy (non-hydrogen) atoms. The fourth-order valence-corrected chi connectivity index (χ4v) is 8.67. The molecule has 0 spiro atoms. The summed E-state index contributed by atoms with van der Waals surface area (Å²) in [5.74, 6) is 4.93. The van der Waals surface area contributed by atoms with E-state index in [9.17, 15) is 9.90 Å². The summed E-state index contributed by atoms with van der Waals surface area (Å²) in [5, 5.41) is 10.3. The second kappa shape index (κ2) is 6.36. The molecule has 0 aromatic heterocycles. The van der Waals surface area contributed by atoms with E-state index in [4.69, 9.17) is 0 Å². The predicted octanol–water partition coefficient (Wildman–Crippen LogP) is 5.23. The molecule has 4 aliphatic carbocycles. The van der Waals surface area contributed by atoms with Crippen molar-refractivity contribution in [1.29, 1.82) is 0 Å². The maximum absolute atomic E-state index is 10.8. The van der Waals surface area contributed by atoms with Crippen molar-refractivity contribution in [3.05, 3.63) is 0 Å². The zero-order valence-corrected chi connectivity index (χ0v) is 16.5. The molecule has 4 aliphatic rings. The zero-order valence-electron chi connectivity index (χ0n) is 16.5. The maximum atomic E-state index is 10.8. The van der Waals surface area contributed by atoms with Crippen molar-refractivity contribution in [3.63, 3.8) is 0 Å². The second-order valence-corrected chi connectivity index (χ2v) is 10.7. The Hall–Kier alpha value is -0.370. The van der Waals surface area contributed by atoms with E-state index >= 15 is 0 Å². The molecule has 0 radical (unpaired) electrons. The van der Waals surface area contributed by atoms with Crippen LogP contribution in [0, 0.1) is 46.3 Å². The van der Waals surface area contributed by atoms with Gasteiger partial charge in [0.15, 0.2) is 0 Å². The maximum Gasteiger partial charge on any atom is 0.120 e. The van der Waals surface area contributed by atoms with E-state index in [-0.39, 0.29) is 6.10 Å². The molecule has 9 atom stereocenters. The highest BCUT2D eigenvalue weighted by Gasteiger charge is 2.61. The standard InChI is InChI=1S/C23H38O2/c1-15(5-4-12-24)19-8-9-20-18-7-6-16-13-17(25)14-23(16,3)21(18)10-11-22(19,20)2/h12,15-21,25H,4-11,13-14H2,1-3H3. The first kappa shape index (κ1) is 18.0. The molecular weight excluding hydrogens is 308 g/mol. The number of carbonyl (C=O) groups is 1. The van der Waals surface area contributed by atoms with Crippen LogP contribution in [-0.4, -0.2) is 17.5 Å². The van der Waals surface area contributed by atoms with Crippen LogP contribution in [-0.2, 0) is 4.79 Å². The fraction of sp³-hybridized carbons (Fsp3) is 0.957. The summed E-state index contributed by atoms with van der Waals surface area (Å²) < 4.78 is 0. The van der Waals surface area contributed by atoms with Gasteiger partial charge in [0.25, 0.3) is 0 Å². The van der Waals surface area contributed by atoms with Gasteiger partial charge in [-0.25, -0.2) is 0 Å². The number of aldehydes is 1. The summed E-state index contributed by atoms with van der Waals surface area (Å²) in [7, 11) is 0. The fourth-order valence-electron chi connectivity index (χ4n) is 8.67. The molecule has 142 valence electrons. The molecular formula is C23H38O2. The molecule has 0 aromatic carbocycles. The number of carbonyl (C=O) groups excluding carboxylic acids is 1. The van der Waals surface area contributed by atoms with Crippen molar-refractivity contribution < 1.29 is 9.90 Å². The third-order valence-corrected chi connectivity index (χ3v) is 9.80. The van der Waals surface area contributed by atoms with Crippen LogP contribution >= 0.6 is 0 Å². The molecule has 9 unspecified atom stereocenters. The van der Waals surface area contributed by atoms with Crippen LogP contribution in [0.1, 0.15) is 85.0 Å². The van der Waals surface area contributed by atoms with Gasteiger partial charge in [-0.15, -0.1) is 0 Å². The van der Waals surface area contributed by atoms with Crippen molar-refractivity contribution in [3.8, 4) is 0 Å². The van der Waals surface area contributed by atoms with E-state index in [1.165, 1.54) is 38.5 Å². The van der Waals surface area contributed by atoms with E-state index in [1.807, 2.05) is 0 Å². The SMILES string of the molecule is CC(CCC=O)C1CCC2C3CCC4CC(O)CC4(C)C3CCC12C. The third-order valence-electron chi connectivity index (χ3n) is 9.80. The Balaban J connectivity index is 1.54. The molecule has 2 nitrogen and oxygen atoms in total. The molecule has 4 saturated carbocycles. The first-order valence-electron chi connectivity index (χ1n) is 11.0. The van der Waals surface area contributed by atoms with E-state index in [0.29, 0.717) is 16.7 Å². The van der Waals surface area contributed by atoms with Gasteiger partial charge in [-0.2, -0.15) is 0 Å². The Bertz CT molecular complexity index is 516. The topological polar surface area (TPSA) is 37.3 Å². The van der Waals surface area contributed by atoms with Gasteiger partial charge in [-0.3, -0.25) is 0 Å². The van der Waals surface area contributed by atoms with E-state index in [0.717, 1.165) is 61.6 Å². The molecule has 0 bridgehead atoms. The number of aliphatic hydroxyl groups is 1. The van der Waals surface area contributed by atoms with Crippen molar-refractivity contribution in [1.82, 2.24) is 0 Å². The average Bonchev–Trinajstić information content (AvgIpc) is 3.07. The van der Waals surface area contributed by atoms with Crippen molar-refractivity contribution >= 4 is 6.29 Å². The minimum atomic E-state index is -0.0400. The van der Waals surface area contributed by atoms with Gasteiger partial charge in [-0.05, 0) is 104 Å². The van der Waals surface area contributed by atoms with Crippen LogP contribution < -0.4 is 0 Å². The molecule has 2 heteroatoms. The minimum absolute atomic E-state index is 0.0400. The summed E-state index contributed by atoms with van der Waals surface area (Å²) in [6.07, 6.45) is 13.3. The monoisotopic (exact) mass is 346 g/mol. The lowest BCUT2D eigenvalue weighted by Crippen LogP contribution is -2.50. The summed E-state index contributed by atoms with van der Waals surface area (Å²) in [6.45, 7) is 7.52. The van der Waals surface area contributed by atoms with Gasteiger partial charge in [0.1, 0.15) is 6.29 Å². The Morgan fingerprint density at radius 1 is 1.08 bits per heavy atom. The molecule has 0 saturated heterocycles. The lowest BCUT2D eigenvalue weighted by molar-refractivity contribution is -0.108. The van der Waals surface area contributed by atoms with Crippen LogP contribution in [0.2, 0.25) is 0 Å². The lowest BCUT2D eigenvalue weighted by Gasteiger charge is -2.58. The van der Waals surface area contributed by atoms with Gasteiger partial charge in [-0.1, -0.05) is 20.8 Å². The van der Waals surface area contributed by atoms with Crippen LogP contribution in [0.4, 0.5) is 0 Å².